The molecule has 0 aliphatic heterocycles. The fraction of sp³-hybridized carbons (Fsp3) is 0.600. The van der Waals surface area contributed by atoms with E-state index in [1.165, 1.54) is 0 Å². The molecule has 0 amide bonds. The maximum absolute atomic E-state index is 9.10. The summed E-state index contributed by atoms with van der Waals surface area (Å²) in [6, 6.07) is 0. The minimum absolute atomic E-state index is 0. The molecular formula is C5H11FeNO4. The first-order valence-electron chi connectivity index (χ1n) is 2.45. The smallest absolute Gasteiger partial charge is 0.414 e. The summed E-state index contributed by atoms with van der Waals surface area (Å²) in [6.07, 6.45) is 0. The molecule has 0 radical (unpaired) electrons. The van der Waals surface area contributed by atoms with Crippen LogP contribution < -0.4 is 0 Å². The molecule has 0 unspecified atom stereocenters. The van der Waals surface area contributed by atoms with Crippen LogP contribution in [0, 0.1) is 0 Å². The Morgan fingerprint density at radius 3 is 1.09 bits per heavy atom. The zero-order valence-corrected chi connectivity index (χ0v) is 7.62. The SMILES string of the molecule is CN(C)C.O=C(O)C(=O)O.[Fe]. The fourth-order valence-electron chi connectivity index (χ4n) is 0. The van der Waals surface area contributed by atoms with Crippen LogP contribution in [0.15, 0.2) is 0 Å². The monoisotopic (exact) mass is 205 g/mol. The minimum atomic E-state index is -1.82. The zero-order chi connectivity index (χ0) is 8.73. The average Bonchev–Trinajstić information content (AvgIpc) is 1.63. The largest absolute Gasteiger partial charge is 0.473 e. The van der Waals surface area contributed by atoms with Gasteiger partial charge in [0.2, 0.25) is 0 Å². The second kappa shape index (κ2) is 9.42. The number of hydrogen-bond acceptors (Lipinski definition) is 3. The molecule has 6 heteroatoms. The number of nitrogens with zero attached hydrogens (tertiary/aromatic N) is 1. The summed E-state index contributed by atoms with van der Waals surface area (Å²) in [7, 11) is 6.00. The molecule has 0 heterocycles. The van der Waals surface area contributed by atoms with Crippen LogP contribution in [-0.4, -0.2) is 48.2 Å². The van der Waals surface area contributed by atoms with Crippen molar-refractivity contribution in [1.29, 1.82) is 0 Å². The van der Waals surface area contributed by atoms with Gasteiger partial charge in [0, 0.05) is 17.1 Å². The Bertz CT molecular complexity index is 111. The van der Waals surface area contributed by atoms with Crippen LogP contribution >= 0.6 is 0 Å². The van der Waals surface area contributed by atoms with E-state index >= 15 is 0 Å². The molecule has 0 aliphatic rings. The molecule has 0 spiro atoms. The molecule has 0 saturated carbocycles. The van der Waals surface area contributed by atoms with Gasteiger partial charge in [-0.3, -0.25) is 0 Å². The first-order valence-corrected chi connectivity index (χ1v) is 2.45. The molecule has 0 aromatic rings. The van der Waals surface area contributed by atoms with E-state index in [1.54, 1.807) is 0 Å². The Kier molecular flexibility index (Phi) is 14.4. The van der Waals surface area contributed by atoms with E-state index in [1.807, 2.05) is 26.0 Å². The molecule has 0 aliphatic carbocycles. The first kappa shape index (κ1) is 16.8. The van der Waals surface area contributed by atoms with Crippen LogP contribution in [0.4, 0.5) is 0 Å². The van der Waals surface area contributed by atoms with E-state index in [-0.39, 0.29) is 17.1 Å². The van der Waals surface area contributed by atoms with Crippen molar-refractivity contribution in [1.82, 2.24) is 4.90 Å². The Morgan fingerprint density at radius 2 is 1.09 bits per heavy atom. The summed E-state index contributed by atoms with van der Waals surface area (Å²) in [6.45, 7) is 0. The van der Waals surface area contributed by atoms with Gasteiger partial charge in [0.1, 0.15) is 0 Å². The maximum atomic E-state index is 9.10. The molecule has 5 nitrogen and oxygen atoms in total. The van der Waals surface area contributed by atoms with Crippen molar-refractivity contribution in [2.24, 2.45) is 0 Å². The molecule has 11 heavy (non-hydrogen) atoms. The van der Waals surface area contributed by atoms with Crippen molar-refractivity contribution in [3.63, 3.8) is 0 Å². The minimum Gasteiger partial charge on any atom is -0.473 e. The average molecular weight is 205 g/mol. The van der Waals surface area contributed by atoms with Gasteiger partial charge in [-0.05, 0) is 21.1 Å². The van der Waals surface area contributed by atoms with Crippen LogP contribution in [-0.2, 0) is 26.7 Å². The third-order valence-corrected chi connectivity index (χ3v) is 0.183. The number of hydrogen-bond donors (Lipinski definition) is 2. The second-order valence-corrected chi connectivity index (χ2v) is 1.95. The Morgan fingerprint density at radius 1 is 1.00 bits per heavy atom. The number of carboxylic acid groups (broad SMARTS) is 2. The third-order valence-electron chi connectivity index (χ3n) is 0.183. The molecule has 0 aromatic carbocycles. The topological polar surface area (TPSA) is 77.8 Å². The summed E-state index contributed by atoms with van der Waals surface area (Å²) in [5, 5.41) is 14.8. The van der Waals surface area contributed by atoms with Crippen molar-refractivity contribution in [3.8, 4) is 0 Å². The predicted octanol–water partition coefficient (Wildman–Crippen LogP) is -0.669. The number of aliphatic carboxylic acids is 2. The van der Waals surface area contributed by atoms with Gasteiger partial charge in [-0.15, -0.1) is 0 Å². The van der Waals surface area contributed by atoms with Gasteiger partial charge < -0.3 is 15.1 Å². The molecular weight excluding hydrogens is 194 g/mol. The van der Waals surface area contributed by atoms with E-state index in [0.717, 1.165) is 0 Å². The van der Waals surface area contributed by atoms with Gasteiger partial charge in [0.15, 0.2) is 0 Å². The molecule has 68 valence electrons. The Labute approximate surface area is 75.5 Å². The van der Waals surface area contributed by atoms with Gasteiger partial charge >= 0.3 is 11.9 Å². The fourth-order valence-corrected chi connectivity index (χ4v) is 0. The van der Waals surface area contributed by atoms with E-state index in [2.05, 4.69) is 0 Å². The predicted molar refractivity (Wildman–Crippen MR) is 34.9 cm³/mol. The van der Waals surface area contributed by atoms with Gasteiger partial charge in [-0.25, -0.2) is 9.59 Å². The van der Waals surface area contributed by atoms with Crippen LogP contribution in [0.25, 0.3) is 0 Å². The van der Waals surface area contributed by atoms with Gasteiger partial charge in [0.05, 0.1) is 0 Å². The quantitative estimate of drug-likeness (QED) is 0.405. The van der Waals surface area contributed by atoms with E-state index in [4.69, 9.17) is 19.8 Å². The van der Waals surface area contributed by atoms with E-state index in [0.29, 0.717) is 0 Å². The molecule has 0 fully saturated rings. The van der Waals surface area contributed by atoms with Crippen LogP contribution in [0.1, 0.15) is 0 Å². The number of carbonyl (C=O) groups is 2. The van der Waals surface area contributed by atoms with Crippen molar-refractivity contribution < 1.29 is 36.9 Å². The maximum Gasteiger partial charge on any atom is 0.414 e. The number of carboxylic acids is 2. The van der Waals surface area contributed by atoms with E-state index < -0.39 is 11.9 Å². The van der Waals surface area contributed by atoms with Crippen molar-refractivity contribution in [2.45, 2.75) is 0 Å². The second-order valence-electron chi connectivity index (χ2n) is 1.95. The van der Waals surface area contributed by atoms with Crippen LogP contribution in [0.2, 0.25) is 0 Å². The third kappa shape index (κ3) is 44.3. The molecule has 2 N–H and O–H groups in total. The summed E-state index contributed by atoms with van der Waals surface area (Å²) in [5.74, 6) is -3.65. The summed E-state index contributed by atoms with van der Waals surface area (Å²) >= 11 is 0. The molecule has 0 atom stereocenters. The summed E-state index contributed by atoms with van der Waals surface area (Å²) in [4.78, 5) is 20.2. The van der Waals surface area contributed by atoms with Crippen molar-refractivity contribution in [3.05, 3.63) is 0 Å². The first-order chi connectivity index (χ1) is 4.37. The van der Waals surface area contributed by atoms with Crippen molar-refractivity contribution >= 4 is 11.9 Å². The molecule has 0 saturated heterocycles. The van der Waals surface area contributed by atoms with Gasteiger partial charge in [-0.1, -0.05) is 0 Å². The summed E-state index contributed by atoms with van der Waals surface area (Å²) < 4.78 is 0. The number of rotatable bonds is 0. The Hall–Kier alpha value is -0.581. The molecule has 0 rings (SSSR count). The normalized spacial score (nSPS) is 7.27. The molecule has 0 aromatic heterocycles. The van der Waals surface area contributed by atoms with Crippen molar-refractivity contribution in [2.75, 3.05) is 21.1 Å². The summed E-state index contributed by atoms with van der Waals surface area (Å²) in [5.41, 5.74) is 0. The van der Waals surface area contributed by atoms with Crippen LogP contribution in [0.3, 0.4) is 0 Å². The standard InChI is InChI=1S/C3H9N.C2H2O4.Fe/c1-4(2)3;3-1(4)2(5)6;/h1-3H3;(H,3,4)(H,5,6);. The zero-order valence-electron chi connectivity index (χ0n) is 6.51. The van der Waals surface area contributed by atoms with E-state index in [9.17, 15) is 0 Å². The molecule has 0 bridgehead atoms. The van der Waals surface area contributed by atoms with Gasteiger partial charge in [0.25, 0.3) is 0 Å². The van der Waals surface area contributed by atoms with Gasteiger partial charge in [-0.2, -0.15) is 0 Å². The van der Waals surface area contributed by atoms with Crippen LogP contribution in [0.5, 0.6) is 0 Å². The Balaban J connectivity index is -0.000000114.